The zero-order valence-electron chi connectivity index (χ0n) is 23.8. The van der Waals surface area contributed by atoms with Crippen molar-refractivity contribution in [3.05, 3.63) is 18.3 Å². The molecule has 224 valence electrons. The van der Waals surface area contributed by atoms with Crippen LogP contribution < -0.4 is 10.6 Å². The van der Waals surface area contributed by atoms with Crippen molar-refractivity contribution < 1.29 is 29.0 Å². The first-order valence-corrected chi connectivity index (χ1v) is 14.5. The summed E-state index contributed by atoms with van der Waals surface area (Å²) < 4.78 is 4.44. The number of alkyl carbamates (subject to hydrolysis) is 1. The van der Waals surface area contributed by atoms with Gasteiger partial charge in [0.05, 0.1) is 19.1 Å². The Balaban J connectivity index is 0.000000193. The van der Waals surface area contributed by atoms with Gasteiger partial charge in [-0.25, -0.2) is 9.78 Å². The Morgan fingerprint density at radius 3 is 2.24 bits per heavy atom. The maximum atomic E-state index is 12.0. The maximum Gasteiger partial charge on any atom is 0.407 e. The summed E-state index contributed by atoms with van der Waals surface area (Å²) in [7, 11) is 1.30. The van der Waals surface area contributed by atoms with Crippen LogP contribution in [0.25, 0.3) is 0 Å². The molecule has 3 N–H and O–H groups in total. The molecule has 1 aromatic heterocycles. The van der Waals surface area contributed by atoms with Crippen molar-refractivity contribution in [2.75, 3.05) is 38.6 Å². The lowest BCUT2D eigenvalue weighted by molar-refractivity contribution is -0.129. The van der Waals surface area contributed by atoms with Gasteiger partial charge in [-0.05, 0) is 43.2 Å². The average Bonchev–Trinajstić information content (AvgIpc) is 3.78. The van der Waals surface area contributed by atoms with Gasteiger partial charge >= 0.3 is 6.09 Å². The maximum absolute atomic E-state index is 12.0. The molecule has 4 atom stereocenters. The topological polar surface area (TPSA) is 165 Å². The van der Waals surface area contributed by atoms with Crippen molar-refractivity contribution in [3.63, 3.8) is 0 Å². The van der Waals surface area contributed by atoms with Crippen molar-refractivity contribution in [1.82, 2.24) is 20.1 Å². The van der Waals surface area contributed by atoms with Crippen LogP contribution in [-0.4, -0.2) is 83.5 Å². The Morgan fingerprint density at radius 2 is 1.73 bits per heavy atom. The molecule has 4 fully saturated rings. The molecule has 2 aliphatic carbocycles. The number of carbonyl (C=O) groups excluding carboxylic acids is 4. The van der Waals surface area contributed by atoms with Gasteiger partial charge in [0.15, 0.2) is 11.6 Å². The predicted molar refractivity (Wildman–Crippen MR) is 150 cm³/mol. The van der Waals surface area contributed by atoms with E-state index in [2.05, 4.69) is 20.4 Å². The van der Waals surface area contributed by atoms with Crippen LogP contribution in [0.15, 0.2) is 18.3 Å². The van der Waals surface area contributed by atoms with Crippen LogP contribution in [0.5, 0.6) is 5.75 Å². The zero-order valence-corrected chi connectivity index (χ0v) is 23.8. The van der Waals surface area contributed by atoms with Gasteiger partial charge in [-0.2, -0.15) is 5.26 Å². The first kappa shape index (κ1) is 31.6. The van der Waals surface area contributed by atoms with E-state index < -0.39 is 18.1 Å². The number of likely N-dealkylation sites (tertiary alicyclic amines) is 2. The smallest absolute Gasteiger partial charge is 0.407 e. The number of pyridine rings is 1. The van der Waals surface area contributed by atoms with Gasteiger partial charge in [0.25, 0.3) is 0 Å². The minimum Gasteiger partial charge on any atom is -0.504 e. The van der Waals surface area contributed by atoms with Crippen molar-refractivity contribution in [2.24, 2.45) is 17.8 Å². The molecular formula is C29H42N6O6. The monoisotopic (exact) mass is 570 g/mol. The van der Waals surface area contributed by atoms with Gasteiger partial charge < -0.3 is 30.3 Å². The Morgan fingerprint density at radius 1 is 1.10 bits per heavy atom. The van der Waals surface area contributed by atoms with Gasteiger partial charge in [0.2, 0.25) is 18.2 Å². The van der Waals surface area contributed by atoms with Crippen LogP contribution in [0.2, 0.25) is 0 Å². The van der Waals surface area contributed by atoms with Gasteiger partial charge in [-0.3, -0.25) is 14.4 Å². The fourth-order valence-electron chi connectivity index (χ4n) is 5.83. The number of aromatic nitrogens is 1. The Bertz CT molecular complexity index is 1050. The zero-order chi connectivity index (χ0) is 29.6. The number of hydrogen-bond acceptors (Lipinski definition) is 8. The summed E-state index contributed by atoms with van der Waals surface area (Å²) in [6, 6.07) is 4.35. The number of ether oxygens (including phenoxy) is 1. The predicted octanol–water partition coefficient (Wildman–Crippen LogP) is 3.04. The molecule has 0 bridgehead atoms. The highest BCUT2D eigenvalue weighted by Gasteiger charge is 2.37. The second-order valence-corrected chi connectivity index (χ2v) is 11.0. The van der Waals surface area contributed by atoms with E-state index in [9.17, 15) is 24.3 Å². The summed E-state index contributed by atoms with van der Waals surface area (Å²) in [6.45, 7) is 1.98. The number of nitriles is 1. The molecule has 4 aliphatic rings. The first-order valence-electron chi connectivity index (χ1n) is 14.5. The van der Waals surface area contributed by atoms with E-state index >= 15 is 0 Å². The quantitative estimate of drug-likeness (QED) is 0.455. The lowest BCUT2D eigenvalue weighted by Crippen LogP contribution is -2.39. The van der Waals surface area contributed by atoms with E-state index in [4.69, 9.17) is 5.26 Å². The van der Waals surface area contributed by atoms with Crippen LogP contribution in [0.3, 0.4) is 0 Å². The highest BCUT2D eigenvalue weighted by atomic mass is 16.5. The molecule has 0 radical (unpaired) electrons. The third-order valence-electron chi connectivity index (χ3n) is 8.17. The first-order chi connectivity index (χ1) is 19.9. The minimum atomic E-state index is -0.578. The Hall–Kier alpha value is -3.88. The number of hydrogen-bond donors (Lipinski definition) is 3. The number of carbonyl (C=O) groups is 4. The summed E-state index contributed by atoms with van der Waals surface area (Å²) in [5, 5.41) is 23.3. The van der Waals surface area contributed by atoms with Crippen LogP contribution in [0.4, 0.5) is 10.6 Å². The molecule has 12 nitrogen and oxygen atoms in total. The summed E-state index contributed by atoms with van der Waals surface area (Å²) in [6.07, 6.45) is 14.3. The van der Waals surface area contributed by atoms with Crippen LogP contribution in [-0.2, 0) is 19.1 Å². The molecule has 0 aromatic carbocycles. The van der Waals surface area contributed by atoms with E-state index in [0.717, 1.165) is 13.1 Å². The average molecular weight is 571 g/mol. The molecule has 4 amide bonds. The van der Waals surface area contributed by atoms with E-state index in [1.165, 1.54) is 82.1 Å². The molecule has 41 heavy (non-hydrogen) atoms. The second kappa shape index (κ2) is 16.4. The fourth-order valence-corrected chi connectivity index (χ4v) is 5.83. The van der Waals surface area contributed by atoms with Crippen LogP contribution >= 0.6 is 0 Å². The van der Waals surface area contributed by atoms with Gasteiger partial charge in [-0.15, -0.1) is 0 Å². The highest BCUT2D eigenvalue weighted by molar-refractivity contribution is 5.93. The molecule has 2 saturated carbocycles. The third-order valence-corrected chi connectivity index (χ3v) is 8.17. The van der Waals surface area contributed by atoms with Crippen molar-refractivity contribution in [3.8, 4) is 11.8 Å². The Labute approximate surface area is 241 Å². The summed E-state index contributed by atoms with van der Waals surface area (Å²) in [4.78, 5) is 52.5. The molecule has 0 spiro atoms. The number of methoxy groups -OCH3 is 1. The number of nitrogens with one attached hydrogen (secondary N) is 2. The van der Waals surface area contributed by atoms with Gasteiger partial charge in [0, 0.05) is 25.8 Å². The van der Waals surface area contributed by atoms with Crippen molar-refractivity contribution >= 4 is 30.1 Å². The normalized spacial score (nSPS) is 24.4. The number of anilines is 1. The molecule has 3 heterocycles. The SMILES string of the molecule is C1CCCC1.COC(=O)NCC(=O)N1CC2CCCCC2C1.N#CC1CC(C(=O)Nc2ncccc2O)CN1C=O. The molecule has 1 aromatic rings. The summed E-state index contributed by atoms with van der Waals surface area (Å²) in [5.74, 6) is 0.486. The largest absolute Gasteiger partial charge is 0.504 e. The van der Waals surface area contributed by atoms with E-state index in [-0.39, 0.29) is 42.9 Å². The van der Waals surface area contributed by atoms with Gasteiger partial charge in [0.1, 0.15) is 12.6 Å². The number of fused-ring (bicyclic) bond motifs is 1. The van der Waals surface area contributed by atoms with E-state index in [1.807, 2.05) is 11.0 Å². The second-order valence-electron chi connectivity index (χ2n) is 11.0. The molecule has 12 heteroatoms. The fraction of sp³-hybridized carbons (Fsp3) is 0.655. The molecule has 2 saturated heterocycles. The third kappa shape index (κ3) is 9.62. The molecule has 5 rings (SSSR count). The lowest BCUT2D eigenvalue weighted by Gasteiger charge is -2.22. The number of aromatic hydroxyl groups is 1. The summed E-state index contributed by atoms with van der Waals surface area (Å²) in [5.41, 5.74) is 0. The lowest BCUT2D eigenvalue weighted by atomic mass is 9.82. The minimum absolute atomic E-state index is 0.00444. The Kier molecular flexibility index (Phi) is 12.7. The molecule has 2 aliphatic heterocycles. The van der Waals surface area contributed by atoms with E-state index in [0.29, 0.717) is 18.2 Å². The number of rotatable bonds is 5. The van der Waals surface area contributed by atoms with Crippen LogP contribution in [0.1, 0.15) is 64.2 Å². The van der Waals surface area contributed by atoms with Crippen molar-refractivity contribution in [2.45, 2.75) is 70.3 Å². The number of amides is 4. The van der Waals surface area contributed by atoms with Gasteiger partial charge in [-0.1, -0.05) is 44.9 Å². The molecular weight excluding hydrogens is 528 g/mol. The summed E-state index contributed by atoms with van der Waals surface area (Å²) >= 11 is 0. The van der Waals surface area contributed by atoms with Crippen molar-refractivity contribution in [1.29, 1.82) is 5.26 Å². The van der Waals surface area contributed by atoms with E-state index in [1.54, 1.807) is 6.07 Å². The highest BCUT2D eigenvalue weighted by Crippen LogP contribution is 2.35. The standard InChI is InChI=1S/C12H12N4O3.C12H20N2O3.C5H10/c13-5-9-4-8(6-16(9)7-17)12(19)15-11-10(18)2-1-3-14-11;1-17-12(16)13-6-11(15)14-7-9-4-2-3-5-10(9)8-14;1-2-4-5-3-1/h1-3,7-9,18H,4,6H2,(H,14,15,19);9-10H,2-8H2,1H3,(H,13,16);1-5H2. The number of nitrogens with zero attached hydrogens (tertiary/aromatic N) is 4. The van der Waals surface area contributed by atoms with Crippen LogP contribution in [0, 0.1) is 29.1 Å². The molecule has 4 unspecified atom stereocenters.